The van der Waals surface area contributed by atoms with E-state index in [0.29, 0.717) is 0 Å². The summed E-state index contributed by atoms with van der Waals surface area (Å²) in [4.78, 5) is 0. The summed E-state index contributed by atoms with van der Waals surface area (Å²) in [5.41, 5.74) is 3.28. The zero-order valence-corrected chi connectivity index (χ0v) is 9.56. The Labute approximate surface area is 89.8 Å². The molecule has 0 fully saturated rings. The van der Waals surface area contributed by atoms with Gasteiger partial charge in [-0.05, 0) is 51.9 Å². The molecule has 0 amide bonds. The van der Waals surface area contributed by atoms with E-state index in [0.717, 1.165) is 11.8 Å². The highest BCUT2D eigenvalue weighted by Crippen LogP contribution is 2.48. The maximum Gasteiger partial charge on any atom is 0.0694 e. The quantitative estimate of drug-likeness (QED) is 0.502. The first-order valence-corrected chi connectivity index (χ1v) is 6.27. The van der Waals surface area contributed by atoms with E-state index in [2.05, 4.69) is 40.1 Å². The number of halogens is 1. The summed E-state index contributed by atoms with van der Waals surface area (Å²) in [6, 6.07) is 0. The predicted molar refractivity (Wildman–Crippen MR) is 60.9 cm³/mol. The Hall–Kier alpha value is 0.170. The van der Waals surface area contributed by atoms with E-state index in [1.807, 2.05) is 11.3 Å². The molecule has 2 bridgehead atoms. The molecule has 12 heavy (non-hydrogen) atoms. The molecule has 3 aliphatic rings. The van der Waals surface area contributed by atoms with Gasteiger partial charge in [0.15, 0.2) is 0 Å². The Morgan fingerprint density at radius 2 is 2.00 bits per heavy atom. The summed E-state index contributed by atoms with van der Waals surface area (Å²) in [7, 11) is 0. The highest BCUT2D eigenvalue weighted by atomic mass is 127. The Kier molecular flexibility index (Phi) is 1.62. The van der Waals surface area contributed by atoms with Crippen molar-refractivity contribution >= 4 is 33.9 Å². The van der Waals surface area contributed by atoms with Crippen LogP contribution < -0.4 is 0 Å². The third-order valence-corrected chi connectivity index (χ3v) is 5.09. The van der Waals surface area contributed by atoms with Crippen molar-refractivity contribution in [3.8, 4) is 0 Å². The molecule has 0 radical (unpaired) electrons. The van der Waals surface area contributed by atoms with E-state index in [-0.39, 0.29) is 0 Å². The number of fused-ring (bicyclic) bond motifs is 1. The fraction of sp³-hybridized carbons (Fsp3) is 0.400. The van der Waals surface area contributed by atoms with Gasteiger partial charge in [-0.3, -0.25) is 0 Å². The number of allylic oxidation sites excluding steroid dienone is 2. The minimum absolute atomic E-state index is 0.753. The van der Waals surface area contributed by atoms with Crippen LogP contribution in [0.1, 0.15) is 35.8 Å². The van der Waals surface area contributed by atoms with Gasteiger partial charge in [0.05, 0.1) is 2.88 Å². The topological polar surface area (TPSA) is 0 Å². The lowest BCUT2D eigenvalue weighted by Crippen LogP contribution is -2.15. The van der Waals surface area contributed by atoms with E-state index in [1.165, 1.54) is 15.7 Å². The van der Waals surface area contributed by atoms with Crippen LogP contribution in [0.2, 0.25) is 0 Å². The number of rotatable bonds is 0. The van der Waals surface area contributed by atoms with Crippen LogP contribution in [-0.4, -0.2) is 0 Å². The SMILES string of the molecule is Ic1scc2c1C1C=CC2CC1. The van der Waals surface area contributed by atoms with Crippen LogP contribution in [0.15, 0.2) is 17.5 Å². The van der Waals surface area contributed by atoms with Gasteiger partial charge >= 0.3 is 0 Å². The van der Waals surface area contributed by atoms with Crippen molar-refractivity contribution in [2.75, 3.05) is 0 Å². The maximum atomic E-state index is 2.48. The zero-order valence-electron chi connectivity index (χ0n) is 6.59. The van der Waals surface area contributed by atoms with Crippen molar-refractivity contribution in [3.63, 3.8) is 0 Å². The number of hydrogen-bond donors (Lipinski definition) is 0. The molecule has 0 saturated carbocycles. The van der Waals surface area contributed by atoms with Gasteiger partial charge in [0, 0.05) is 11.8 Å². The lowest BCUT2D eigenvalue weighted by Gasteiger charge is -2.31. The van der Waals surface area contributed by atoms with E-state index in [1.54, 1.807) is 11.1 Å². The molecule has 0 aliphatic heterocycles. The van der Waals surface area contributed by atoms with Gasteiger partial charge in [-0.25, -0.2) is 0 Å². The summed E-state index contributed by atoms with van der Waals surface area (Å²) in [5.74, 6) is 1.51. The first-order chi connectivity index (χ1) is 5.86. The largest absolute Gasteiger partial charge is 0.137 e. The zero-order chi connectivity index (χ0) is 8.13. The maximum absolute atomic E-state index is 2.48. The standard InChI is InChI=1S/C10H9IS/c11-10-9-7-3-1-6(2-4-7)8(9)5-12-10/h1,3,5-7H,2,4H2. The second-order valence-corrected chi connectivity index (χ2v) is 6.24. The summed E-state index contributed by atoms with van der Waals surface area (Å²) < 4.78 is 1.52. The lowest BCUT2D eigenvalue weighted by atomic mass is 9.74. The molecule has 1 heterocycles. The molecule has 1 aromatic heterocycles. The van der Waals surface area contributed by atoms with Crippen LogP contribution >= 0.6 is 33.9 Å². The third kappa shape index (κ3) is 0.880. The first kappa shape index (κ1) is 7.56. The first-order valence-electron chi connectivity index (χ1n) is 4.31. The molecule has 3 aliphatic carbocycles. The van der Waals surface area contributed by atoms with Gasteiger partial charge < -0.3 is 0 Å². The van der Waals surface area contributed by atoms with Crippen LogP contribution in [0.4, 0.5) is 0 Å². The molecule has 0 aromatic carbocycles. The average molecular weight is 288 g/mol. The summed E-state index contributed by atoms with van der Waals surface area (Å²) >= 11 is 4.40. The highest BCUT2D eigenvalue weighted by molar-refractivity contribution is 14.1. The van der Waals surface area contributed by atoms with Crippen molar-refractivity contribution in [2.45, 2.75) is 24.7 Å². The highest BCUT2D eigenvalue weighted by Gasteiger charge is 2.31. The van der Waals surface area contributed by atoms with E-state index in [9.17, 15) is 0 Å². The van der Waals surface area contributed by atoms with Crippen molar-refractivity contribution < 1.29 is 0 Å². The smallest absolute Gasteiger partial charge is 0.0694 e. The third-order valence-electron chi connectivity index (χ3n) is 2.95. The van der Waals surface area contributed by atoms with Crippen LogP contribution in [0.25, 0.3) is 0 Å². The van der Waals surface area contributed by atoms with Crippen LogP contribution in [0, 0.1) is 2.88 Å². The van der Waals surface area contributed by atoms with E-state index >= 15 is 0 Å². The molecule has 2 atom stereocenters. The molecular formula is C10H9IS. The monoisotopic (exact) mass is 288 g/mol. The molecule has 0 N–H and O–H groups in total. The van der Waals surface area contributed by atoms with Gasteiger partial charge in [-0.2, -0.15) is 0 Å². The minimum Gasteiger partial charge on any atom is -0.137 e. The van der Waals surface area contributed by atoms with Crippen LogP contribution in [-0.2, 0) is 0 Å². The Balaban J connectivity index is 2.26. The fourth-order valence-corrected chi connectivity index (χ4v) is 4.34. The molecule has 0 nitrogen and oxygen atoms in total. The second kappa shape index (κ2) is 2.58. The molecule has 0 saturated heterocycles. The Morgan fingerprint density at radius 1 is 1.25 bits per heavy atom. The molecule has 4 rings (SSSR count). The predicted octanol–water partition coefficient (Wildman–Crippen LogP) is 3.88. The Bertz CT molecular complexity index is 351. The van der Waals surface area contributed by atoms with Crippen LogP contribution in [0.3, 0.4) is 0 Å². The van der Waals surface area contributed by atoms with Gasteiger partial charge in [0.2, 0.25) is 0 Å². The molecule has 2 unspecified atom stereocenters. The van der Waals surface area contributed by atoms with Crippen molar-refractivity contribution in [3.05, 3.63) is 31.5 Å². The van der Waals surface area contributed by atoms with Crippen molar-refractivity contribution in [1.29, 1.82) is 0 Å². The normalized spacial score (nSPS) is 30.8. The summed E-state index contributed by atoms with van der Waals surface area (Å²) in [6.45, 7) is 0. The van der Waals surface area contributed by atoms with Gasteiger partial charge in [-0.15, -0.1) is 11.3 Å². The molecule has 1 aromatic rings. The van der Waals surface area contributed by atoms with Gasteiger partial charge in [0.1, 0.15) is 0 Å². The summed E-state index contributed by atoms with van der Waals surface area (Å²) in [6.07, 6.45) is 7.56. The van der Waals surface area contributed by atoms with Gasteiger partial charge in [0.25, 0.3) is 0 Å². The van der Waals surface area contributed by atoms with Gasteiger partial charge in [-0.1, -0.05) is 12.2 Å². The number of hydrogen-bond acceptors (Lipinski definition) is 1. The minimum atomic E-state index is 0.753. The molecular weight excluding hydrogens is 279 g/mol. The van der Waals surface area contributed by atoms with Crippen molar-refractivity contribution in [2.24, 2.45) is 0 Å². The van der Waals surface area contributed by atoms with E-state index in [4.69, 9.17) is 0 Å². The Morgan fingerprint density at radius 3 is 2.67 bits per heavy atom. The summed E-state index contributed by atoms with van der Waals surface area (Å²) in [5, 5.41) is 2.36. The van der Waals surface area contributed by atoms with Crippen LogP contribution in [0.5, 0.6) is 0 Å². The number of thiophene rings is 1. The average Bonchev–Trinajstić information content (AvgIpc) is 2.53. The van der Waals surface area contributed by atoms with Crippen molar-refractivity contribution in [1.82, 2.24) is 0 Å². The molecule has 62 valence electrons. The molecule has 2 heteroatoms. The van der Waals surface area contributed by atoms with E-state index < -0.39 is 0 Å². The molecule has 0 spiro atoms. The second-order valence-electron chi connectivity index (χ2n) is 3.55. The lowest BCUT2D eigenvalue weighted by molar-refractivity contribution is 0.555. The fourth-order valence-electron chi connectivity index (χ4n) is 2.32.